The van der Waals surface area contributed by atoms with Crippen LogP contribution in [0.15, 0.2) is 71.6 Å². The molecule has 1 amide bonds. The molecule has 0 heterocycles. The Bertz CT molecular complexity index is 940. The topological polar surface area (TPSA) is 38.3 Å². The number of halogens is 1. The highest BCUT2D eigenvalue weighted by Gasteiger charge is 2.11. The molecule has 0 aliphatic rings. The third-order valence-corrected chi connectivity index (χ3v) is 5.64. The third-order valence-electron chi connectivity index (χ3n) is 4.32. The third kappa shape index (κ3) is 5.54. The smallest absolute Gasteiger partial charge is 0.251 e. The minimum Gasteiger partial charge on any atom is -0.496 e. The van der Waals surface area contributed by atoms with Crippen molar-refractivity contribution in [3.05, 3.63) is 94.0 Å². The van der Waals surface area contributed by atoms with Crippen LogP contribution in [0.2, 0.25) is 5.02 Å². The average molecular weight is 412 g/mol. The van der Waals surface area contributed by atoms with Gasteiger partial charge in [-0.15, -0.1) is 11.8 Å². The number of ether oxygens (including phenoxy) is 1. The quantitative estimate of drug-likeness (QED) is 0.493. The summed E-state index contributed by atoms with van der Waals surface area (Å²) in [5.41, 5.74) is 3.88. The van der Waals surface area contributed by atoms with Crippen LogP contribution >= 0.6 is 23.4 Å². The summed E-state index contributed by atoms with van der Waals surface area (Å²) in [5, 5.41) is 3.70. The van der Waals surface area contributed by atoms with E-state index in [2.05, 4.69) is 5.32 Å². The van der Waals surface area contributed by atoms with E-state index >= 15 is 0 Å². The molecule has 0 saturated heterocycles. The highest BCUT2D eigenvalue weighted by Crippen LogP contribution is 2.29. The molecule has 0 radical (unpaired) electrons. The molecular weight excluding hydrogens is 390 g/mol. The molecule has 3 nitrogen and oxygen atoms in total. The zero-order chi connectivity index (χ0) is 19.9. The van der Waals surface area contributed by atoms with Crippen LogP contribution in [0, 0.1) is 6.92 Å². The number of carbonyl (C=O) groups is 1. The van der Waals surface area contributed by atoms with Crippen molar-refractivity contribution < 1.29 is 9.53 Å². The molecule has 0 saturated carbocycles. The summed E-state index contributed by atoms with van der Waals surface area (Å²) in [5.74, 6) is 1.38. The highest BCUT2D eigenvalue weighted by molar-refractivity contribution is 7.98. The summed E-state index contributed by atoms with van der Waals surface area (Å²) in [7, 11) is 1.64. The second-order valence-electron chi connectivity index (χ2n) is 6.44. The molecule has 0 spiro atoms. The maximum absolute atomic E-state index is 12.6. The van der Waals surface area contributed by atoms with E-state index in [1.54, 1.807) is 24.9 Å². The molecule has 0 unspecified atom stereocenters. The zero-order valence-corrected chi connectivity index (χ0v) is 17.4. The van der Waals surface area contributed by atoms with E-state index in [0.29, 0.717) is 22.9 Å². The summed E-state index contributed by atoms with van der Waals surface area (Å²) < 4.78 is 5.46. The fourth-order valence-electron chi connectivity index (χ4n) is 2.71. The lowest BCUT2D eigenvalue weighted by Gasteiger charge is -2.11. The first-order valence-electron chi connectivity index (χ1n) is 8.94. The van der Waals surface area contributed by atoms with Crippen molar-refractivity contribution in [1.29, 1.82) is 0 Å². The van der Waals surface area contributed by atoms with Gasteiger partial charge in [-0.1, -0.05) is 41.4 Å². The molecule has 1 N–H and O–H groups in total. The van der Waals surface area contributed by atoms with Crippen molar-refractivity contribution in [3.8, 4) is 5.75 Å². The second-order valence-corrected chi connectivity index (χ2v) is 7.92. The van der Waals surface area contributed by atoms with Crippen molar-refractivity contribution in [2.45, 2.75) is 24.1 Å². The lowest BCUT2D eigenvalue weighted by atomic mass is 10.1. The molecule has 5 heteroatoms. The Balaban J connectivity index is 1.67. The van der Waals surface area contributed by atoms with Gasteiger partial charge in [0.15, 0.2) is 0 Å². The lowest BCUT2D eigenvalue weighted by Crippen LogP contribution is -2.22. The minimum atomic E-state index is -0.0963. The molecule has 3 aromatic carbocycles. The van der Waals surface area contributed by atoms with Crippen molar-refractivity contribution in [2.24, 2.45) is 0 Å². The van der Waals surface area contributed by atoms with Gasteiger partial charge < -0.3 is 10.1 Å². The summed E-state index contributed by atoms with van der Waals surface area (Å²) in [6.45, 7) is 2.54. The predicted octanol–water partition coefficient (Wildman–Crippen LogP) is 5.88. The van der Waals surface area contributed by atoms with Gasteiger partial charge in [-0.05, 0) is 55.0 Å². The summed E-state index contributed by atoms with van der Waals surface area (Å²) in [4.78, 5) is 13.7. The number of benzene rings is 3. The number of carbonyl (C=O) groups excluding carboxylic acids is 1. The number of rotatable bonds is 7. The Kier molecular flexibility index (Phi) is 7.01. The van der Waals surface area contributed by atoms with Crippen LogP contribution in [-0.2, 0) is 12.3 Å². The molecule has 3 rings (SSSR count). The number of hydrogen-bond donors (Lipinski definition) is 1. The maximum Gasteiger partial charge on any atom is 0.251 e. The summed E-state index contributed by atoms with van der Waals surface area (Å²) in [6, 6.07) is 21.4. The molecule has 0 bridgehead atoms. The van der Waals surface area contributed by atoms with E-state index in [-0.39, 0.29) is 5.91 Å². The van der Waals surface area contributed by atoms with Gasteiger partial charge in [0.1, 0.15) is 5.75 Å². The van der Waals surface area contributed by atoms with Gasteiger partial charge in [0.2, 0.25) is 0 Å². The van der Waals surface area contributed by atoms with Gasteiger partial charge in [0.25, 0.3) is 5.91 Å². The van der Waals surface area contributed by atoms with E-state index in [0.717, 1.165) is 21.8 Å². The lowest BCUT2D eigenvalue weighted by molar-refractivity contribution is 0.0951. The highest BCUT2D eigenvalue weighted by atomic mass is 35.5. The molecule has 0 atom stereocenters. The first-order valence-corrected chi connectivity index (χ1v) is 10.3. The van der Waals surface area contributed by atoms with Gasteiger partial charge >= 0.3 is 0 Å². The molecule has 144 valence electrons. The Morgan fingerprint density at radius 3 is 2.43 bits per heavy atom. The first-order chi connectivity index (χ1) is 13.5. The monoisotopic (exact) mass is 411 g/mol. The van der Waals surface area contributed by atoms with Crippen LogP contribution in [0.4, 0.5) is 0 Å². The fraction of sp³-hybridized carbons (Fsp3) is 0.174. The normalized spacial score (nSPS) is 10.5. The Morgan fingerprint density at radius 1 is 1.04 bits per heavy atom. The van der Waals surface area contributed by atoms with Gasteiger partial charge in [0.05, 0.1) is 7.11 Å². The van der Waals surface area contributed by atoms with Gasteiger partial charge in [-0.3, -0.25) is 4.79 Å². The Labute approximate surface area is 175 Å². The van der Waals surface area contributed by atoms with Gasteiger partial charge in [-0.2, -0.15) is 0 Å². The van der Waals surface area contributed by atoms with E-state index in [1.165, 1.54) is 5.56 Å². The maximum atomic E-state index is 12.6. The average Bonchev–Trinajstić information content (AvgIpc) is 2.72. The van der Waals surface area contributed by atoms with Crippen LogP contribution in [-0.4, -0.2) is 13.0 Å². The molecule has 0 fully saturated rings. The zero-order valence-electron chi connectivity index (χ0n) is 15.9. The van der Waals surface area contributed by atoms with Gasteiger partial charge in [-0.25, -0.2) is 0 Å². The molecule has 0 aliphatic carbocycles. The van der Waals surface area contributed by atoms with Crippen LogP contribution < -0.4 is 10.1 Å². The molecule has 3 aromatic rings. The van der Waals surface area contributed by atoms with Crippen LogP contribution in [0.25, 0.3) is 0 Å². The van der Waals surface area contributed by atoms with Crippen LogP contribution in [0.5, 0.6) is 5.75 Å². The Morgan fingerprint density at radius 2 is 1.75 bits per heavy atom. The van der Waals surface area contributed by atoms with Crippen molar-refractivity contribution in [2.75, 3.05) is 7.11 Å². The summed E-state index contributed by atoms with van der Waals surface area (Å²) >= 11 is 7.61. The summed E-state index contributed by atoms with van der Waals surface area (Å²) in [6.07, 6.45) is 0. The van der Waals surface area contributed by atoms with E-state index in [1.807, 2.05) is 67.6 Å². The van der Waals surface area contributed by atoms with Gasteiger partial charge in [0, 0.05) is 33.3 Å². The molecule has 0 aromatic heterocycles. The number of methoxy groups -OCH3 is 1. The largest absolute Gasteiger partial charge is 0.496 e. The molecule has 0 aliphatic heterocycles. The van der Waals surface area contributed by atoms with Crippen LogP contribution in [0.3, 0.4) is 0 Å². The SMILES string of the molecule is COc1ccc(C(=O)NCc2ccc(C)cc2)cc1CSc1ccc(Cl)cc1. The molecular formula is C23H22ClNO2S. The first kappa shape index (κ1) is 20.3. The minimum absolute atomic E-state index is 0.0963. The van der Waals surface area contributed by atoms with E-state index in [4.69, 9.17) is 16.3 Å². The number of aryl methyl sites for hydroxylation is 1. The van der Waals surface area contributed by atoms with Crippen molar-refractivity contribution in [1.82, 2.24) is 5.32 Å². The number of amides is 1. The second kappa shape index (κ2) is 9.67. The van der Waals surface area contributed by atoms with E-state index < -0.39 is 0 Å². The standard InChI is InChI=1S/C23H22ClNO2S/c1-16-3-5-17(6-4-16)14-25-23(26)18-7-12-22(27-2)19(13-18)15-28-21-10-8-20(24)9-11-21/h3-13H,14-15H2,1-2H3,(H,25,26). The predicted molar refractivity (Wildman–Crippen MR) is 116 cm³/mol. The number of thioether (sulfide) groups is 1. The van der Waals surface area contributed by atoms with E-state index in [9.17, 15) is 4.79 Å². The Hall–Kier alpha value is -2.43. The van der Waals surface area contributed by atoms with Crippen molar-refractivity contribution in [3.63, 3.8) is 0 Å². The fourth-order valence-corrected chi connectivity index (χ4v) is 3.72. The number of nitrogens with one attached hydrogen (secondary N) is 1. The van der Waals surface area contributed by atoms with Crippen molar-refractivity contribution >= 4 is 29.3 Å². The molecule has 28 heavy (non-hydrogen) atoms. The number of hydrogen-bond acceptors (Lipinski definition) is 3. The van der Waals surface area contributed by atoms with Crippen LogP contribution in [0.1, 0.15) is 27.0 Å².